The van der Waals surface area contributed by atoms with Gasteiger partial charge in [0.2, 0.25) is 0 Å². The molecular weight excluding hydrogens is 344 g/mol. The van der Waals surface area contributed by atoms with E-state index in [0.717, 1.165) is 5.56 Å². The van der Waals surface area contributed by atoms with Crippen LogP contribution < -0.4 is 0 Å². The molecule has 4 rings (SSSR count). The van der Waals surface area contributed by atoms with Crippen LogP contribution in [-0.2, 0) is 5.04 Å². The second kappa shape index (κ2) is 6.76. The summed E-state index contributed by atoms with van der Waals surface area (Å²) < 4.78 is 0. The second-order valence-electron chi connectivity index (χ2n) is 7.95. The lowest BCUT2D eigenvalue weighted by molar-refractivity contribution is 0.0987. The van der Waals surface area contributed by atoms with Crippen LogP contribution in [0.2, 0.25) is 18.1 Å². The molecule has 0 aromatic heterocycles. The number of fused-ring (bicyclic) bond motifs is 2. The molecule has 0 fully saturated rings. The first-order chi connectivity index (χ1) is 13.1. The third-order valence-electron chi connectivity index (χ3n) is 7.29. The van der Waals surface area contributed by atoms with Crippen LogP contribution in [-0.4, -0.2) is 13.9 Å². The third kappa shape index (κ3) is 2.46. The summed E-state index contributed by atoms with van der Waals surface area (Å²) in [4.78, 5) is 13.1. The first-order valence-electron chi connectivity index (χ1n) is 10.2. The normalized spacial score (nSPS) is 19.4. The van der Waals surface area contributed by atoms with Crippen molar-refractivity contribution in [1.29, 1.82) is 0 Å². The summed E-state index contributed by atoms with van der Waals surface area (Å²) in [5.74, 6) is 0.325. The average molecular weight is 373 g/mol. The zero-order valence-electron chi connectivity index (χ0n) is 16.6. The van der Waals surface area contributed by atoms with Crippen LogP contribution in [0.5, 0.6) is 0 Å². The molecule has 0 aliphatic heterocycles. The van der Waals surface area contributed by atoms with Crippen molar-refractivity contribution >= 4 is 24.6 Å². The molecule has 0 bridgehead atoms. The minimum atomic E-state index is -1.78. The van der Waals surface area contributed by atoms with Crippen LogP contribution in [0.3, 0.4) is 0 Å². The van der Waals surface area contributed by atoms with E-state index in [1.54, 1.807) is 0 Å². The highest BCUT2D eigenvalue weighted by Gasteiger charge is 2.57. The van der Waals surface area contributed by atoms with E-state index >= 15 is 0 Å². The van der Waals surface area contributed by atoms with E-state index in [9.17, 15) is 4.79 Å². The number of carbonyl (C=O) groups is 1. The van der Waals surface area contributed by atoms with Gasteiger partial charge in [-0.15, -0.1) is 0 Å². The first-order valence-corrected chi connectivity index (χ1v) is 12.9. The van der Waals surface area contributed by atoms with Gasteiger partial charge in [-0.25, -0.2) is 0 Å². The summed E-state index contributed by atoms with van der Waals surface area (Å²) >= 11 is 0. The molecule has 138 valence electrons. The lowest BCUT2D eigenvalue weighted by atomic mass is 9.90. The van der Waals surface area contributed by atoms with Gasteiger partial charge in [0.05, 0.1) is 8.07 Å². The molecule has 3 aromatic carbocycles. The fourth-order valence-corrected chi connectivity index (χ4v) is 11.1. The molecule has 3 aromatic rings. The Hall–Kier alpha value is -2.19. The van der Waals surface area contributed by atoms with E-state index in [0.29, 0.717) is 12.2 Å². The monoisotopic (exact) mass is 372 g/mol. The summed E-state index contributed by atoms with van der Waals surface area (Å²) in [5, 5.41) is 2.44. The van der Waals surface area contributed by atoms with E-state index in [4.69, 9.17) is 0 Å². The summed E-state index contributed by atoms with van der Waals surface area (Å²) in [6, 6.07) is 27.5. The lowest BCUT2D eigenvalue weighted by Gasteiger charge is -2.47. The molecule has 0 N–H and O–H groups in total. The molecule has 0 amide bonds. The fraction of sp³-hybridized carbons (Fsp3) is 0.320. The van der Waals surface area contributed by atoms with Crippen LogP contribution >= 0.6 is 0 Å². The Labute approximate surface area is 163 Å². The van der Waals surface area contributed by atoms with E-state index in [2.05, 4.69) is 75.4 Å². The van der Waals surface area contributed by atoms with E-state index in [1.807, 2.05) is 12.1 Å². The van der Waals surface area contributed by atoms with Gasteiger partial charge in [-0.3, -0.25) is 4.79 Å². The largest absolute Gasteiger partial charge is 0.294 e. The number of hydrogen-bond acceptors (Lipinski definition) is 1. The molecule has 0 saturated carbocycles. The van der Waals surface area contributed by atoms with Crippen LogP contribution in [0, 0.1) is 0 Å². The SMILES string of the molecule is CC[Si](CC)(CC)[C@@]1(c2ccc3ccccc3c2)CC(=O)c2ccccc21. The van der Waals surface area contributed by atoms with Crippen LogP contribution in [0.25, 0.3) is 10.8 Å². The van der Waals surface area contributed by atoms with Gasteiger partial charge < -0.3 is 0 Å². The number of ketones is 1. The Morgan fingerprint density at radius 2 is 1.44 bits per heavy atom. The molecule has 27 heavy (non-hydrogen) atoms. The van der Waals surface area contributed by atoms with Crippen molar-refractivity contribution in [3.8, 4) is 0 Å². The van der Waals surface area contributed by atoms with E-state index in [1.165, 1.54) is 40.0 Å². The molecule has 2 heteroatoms. The Morgan fingerprint density at radius 1 is 0.815 bits per heavy atom. The standard InChI is InChI=1S/C25H28OSi/c1-4-27(5-2,6-3)25(18-24(26)22-13-9-10-14-23(22)25)21-16-15-19-11-7-8-12-20(19)17-21/h7-17H,4-6,18H2,1-3H3/t25-/m1/s1. The maximum Gasteiger partial charge on any atom is 0.164 e. The minimum absolute atomic E-state index is 0.108. The first kappa shape index (κ1) is 18.2. The van der Waals surface area contributed by atoms with Crippen LogP contribution in [0.15, 0.2) is 66.7 Å². The number of rotatable bonds is 5. The van der Waals surface area contributed by atoms with Gasteiger partial charge in [-0.2, -0.15) is 0 Å². The highest BCUT2D eigenvalue weighted by Crippen LogP contribution is 2.54. The number of carbonyl (C=O) groups excluding carboxylic acids is 1. The molecule has 1 atom stereocenters. The van der Waals surface area contributed by atoms with Crippen LogP contribution in [0.1, 0.15) is 48.7 Å². The summed E-state index contributed by atoms with van der Waals surface area (Å²) in [7, 11) is -1.78. The highest BCUT2D eigenvalue weighted by atomic mass is 28.3. The lowest BCUT2D eigenvalue weighted by Crippen LogP contribution is -2.54. The smallest absolute Gasteiger partial charge is 0.164 e. The maximum absolute atomic E-state index is 13.1. The highest BCUT2D eigenvalue weighted by molar-refractivity contribution is 6.83. The van der Waals surface area contributed by atoms with E-state index in [-0.39, 0.29) is 5.04 Å². The number of Topliss-reactive ketones (excluding diaryl/α,β-unsaturated/α-hetero) is 1. The van der Waals surface area contributed by atoms with Crippen molar-refractivity contribution in [3.63, 3.8) is 0 Å². The van der Waals surface area contributed by atoms with Crippen molar-refractivity contribution in [3.05, 3.63) is 83.4 Å². The van der Waals surface area contributed by atoms with Gasteiger partial charge in [-0.1, -0.05) is 106 Å². The zero-order chi connectivity index (χ0) is 19.1. The van der Waals surface area contributed by atoms with Crippen LogP contribution in [0.4, 0.5) is 0 Å². The Balaban J connectivity index is 2.07. The molecule has 1 aliphatic carbocycles. The fourth-order valence-electron chi connectivity index (χ4n) is 5.68. The number of hydrogen-bond donors (Lipinski definition) is 0. The summed E-state index contributed by atoms with van der Waals surface area (Å²) in [5.41, 5.74) is 3.61. The van der Waals surface area contributed by atoms with Crippen molar-refractivity contribution in [2.45, 2.75) is 50.4 Å². The summed E-state index contributed by atoms with van der Waals surface area (Å²) in [6.07, 6.45) is 0.645. The molecule has 0 unspecified atom stereocenters. The van der Waals surface area contributed by atoms with Crippen molar-refractivity contribution in [1.82, 2.24) is 0 Å². The second-order valence-corrected chi connectivity index (χ2v) is 13.5. The Bertz CT molecular complexity index is 994. The average Bonchev–Trinajstić information content (AvgIpc) is 3.04. The Morgan fingerprint density at radius 3 is 2.15 bits per heavy atom. The van der Waals surface area contributed by atoms with Crippen molar-refractivity contribution in [2.75, 3.05) is 0 Å². The zero-order valence-corrected chi connectivity index (χ0v) is 17.6. The third-order valence-corrected chi connectivity index (χ3v) is 13.9. The number of benzene rings is 3. The van der Waals surface area contributed by atoms with Gasteiger partial charge in [0.15, 0.2) is 5.78 Å². The predicted octanol–water partition coefficient (Wildman–Crippen LogP) is 6.76. The van der Waals surface area contributed by atoms with Gasteiger partial charge >= 0.3 is 0 Å². The van der Waals surface area contributed by atoms with Crippen molar-refractivity contribution in [2.24, 2.45) is 0 Å². The molecule has 0 heterocycles. The molecule has 1 aliphatic rings. The van der Waals surface area contributed by atoms with Crippen molar-refractivity contribution < 1.29 is 4.79 Å². The predicted molar refractivity (Wildman–Crippen MR) is 117 cm³/mol. The quantitative estimate of drug-likeness (QED) is 0.452. The van der Waals surface area contributed by atoms with E-state index < -0.39 is 8.07 Å². The van der Waals surface area contributed by atoms with Gasteiger partial charge in [0.25, 0.3) is 0 Å². The van der Waals surface area contributed by atoms with Gasteiger partial charge in [0.1, 0.15) is 0 Å². The topological polar surface area (TPSA) is 17.1 Å². The maximum atomic E-state index is 13.1. The van der Waals surface area contributed by atoms with Gasteiger partial charge in [-0.05, 0) is 21.9 Å². The molecular formula is C25H28OSi. The van der Waals surface area contributed by atoms with Gasteiger partial charge in [0, 0.05) is 17.0 Å². The molecule has 0 spiro atoms. The minimum Gasteiger partial charge on any atom is -0.294 e. The Kier molecular flexibility index (Phi) is 4.55. The summed E-state index contributed by atoms with van der Waals surface area (Å²) in [6.45, 7) is 7.06. The molecule has 0 saturated heterocycles. The molecule has 1 nitrogen and oxygen atoms in total. The molecule has 0 radical (unpaired) electrons.